The fourth-order valence-electron chi connectivity index (χ4n) is 1.27. The first-order chi connectivity index (χ1) is 8.60. The Morgan fingerprint density at radius 2 is 0.944 bits per heavy atom. The molecule has 0 aromatic heterocycles. The Hall–Kier alpha value is 1.18. The lowest BCUT2D eigenvalue weighted by molar-refractivity contribution is 0.558. The summed E-state index contributed by atoms with van der Waals surface area (Å²) >= 11 is 27.5. The molecular formula is C10H20N2S6. The molecule has 0 aliphatic rings. The summed E-state index contributed by atoms with van der Waals surface area (Å²) in [5.41, 5.74) is 0. The van der Waals surface area contributed by atoms with Gasteiger partial charge < -0.3 is 9.80 Å². The maximum atomic E-state index is 5.31. The van der Waals surface area contributed by atoms with E-state index in [1.807, 2.05) is 9.80 Å². The maximum Gasteiger partial charge on any atom is 0.0792 e. The van der Waals surface area contributed by atoms with E-state index in [2.05, 4.69) is 50.5 Å². The van der Waals surface area contributed by atoms with Crippen molar-refractivity contribution in [2.45, 2.75) is 25.7 Å². The summed E-state index contributed by atoms with van der Waals surface area (Å²) in [7, 11) is 0. The molecule has 2 nitrogen and oxygen atoms in total. The third-order valence-corrected chi connectivity index (χ3v) is 4.71. The molecule has 0 aliphatic carbocycles. The lowest BCUT2D eigenvalue weighted by atomic mass is 10.2. The molecule has 0 amide bonds. The first-order valence-corrected chi connectivity index (χ1v) is 8.94. The molecule has 18 heavy (non-hydrogen) atoms. The van der Waals surface area contributed by atoms with E-state index in [0.717, 1.165) is 35.7 Å². The predicted octanol–water partition coefficient (Wildman–Crippen LogP) is 3.35. The Labute approximate surface area is 143 Å². The third-order valence-electron chi connectivity index (χ3n) is 2.42. The number of thiocarbonyl (C=S) groups is 2. The summed E-state index contributed by atoms with van der Waals surface area (Å²) in [4.78, 5) is 5.78. The molecule has 0 aromatic rings. The van der Waals surface area contributed by atoms with Crippen molar-refractivity contribution in [1.82, 2.24) is 9.80 Å². The van der Waals surface area contributed by atoms with E-state index in [9.17, 15) is 0 Å². The average Bonchev–Trinajstić information content (AvgIpc) is 2.37. The van der Waals surface area contributed by atoms with Crippen LogP contribution in [0, 0.1) is 0 Å². The summed E-state index contributed by atoms with van der Waals surface area (Å²) in [5, 5.41) is 0. The first kappa shape index (κ1) is 19.2. The maximum absolute atomic E-state index is 5.31. The van der Waals surface area contributed by atoms with E-state index in [1.54, 1.807) is 0 Å². The summed E-state index contributed by atoms with van der Waals surface area (Å²) in [5.74, 6) is 2.48. The number of hydrogen-bond donors (Lipinski definition) is 4. The van der Waals surface area contributed by atoms with Gasteiger partial charge in [-0.2, -0.15) is 50.5 Å². The van der Waals surface area contributed by atoms with Gasteiger partial charge in [-0.3, -0.25) is 0 Å². The van der Waals surface area contributed by atoms with Crippen LogP contribution in [0.25, 0.3) is 0 Å². The van der Waals surface area contributed by atoms with E-state index >= 15 is 0 Å². The Kier molecular flexibility index (Phi) is 12.7. The molecule has 0 fully saturated rings. The van der Waals surface area contributed by atoms with Crippen molar-refractivity contribution < 1.29 is 0 Å². The van der Waals surface area contributed by atoms with Crippen molar-refractivity contribution in [2.24, 2.45) is 0 Å². The van der Waals surface area contributed by atoms with E-state index in [0.29, 0.717) is 23.5 Å². The fraction of sp³-hybridized carbons (Fsp3) is 0.800. The highest BCUT2D eigenvalue weighted by Crippen LogP contribution is 2.10. The Morgan fingerprint density at radius 1 is 0.667 bits per heavy atom. The molecule has 0 unspecified atom stereocenters. The van der Waals surface area contributed by atoms with Gasteiger partial charge in [-0.15, -0.1) is 0 Å². The molecule has 0 saturated heterocycles. The molecule has 0 heterocycles. The summed E-state index contributed by atoms with van der Waals surface area (Å²) in [6.45, 7) is 0. The van der Waals surface area contributed by atoms with Crippen molar-refractivity contribution in [3.05, 3.63) is 0 Å². The van der Waals surface area contributed by atoms with E-state index in [1.165, 1.54) is 0 Å². The lowest BCUT2D eigenvalue weighted by Crippen LogP contribution is -2.28. The Morgan fingerprint density at radius 3 is 1.17 bits per heavy atom. The second-order valence-electron chi connectivity index (χ2n) is 3.64. The number of thiol groups is 4. The van der Waals surface area contributed by atoms with Gasteiger partial charge in [0.2, 0.25) is 0 Å². The smallest absolute Gasteiger partial charge is 0.0792 e. The van der Waals surface area contributed by atoms with Gasteiger partial charge in [-0.05, 0) is 25.7 Å². The zero-order valence-corrected chi connectivity index (χ0v) is 15.4. The van der Waals surface area contributed by atoms with E-state index in [-0.39, 0.29) is 0 Å². The zero-order chi connectivity index (χ0) is 14.0. The van der Waals surface area contributed by atoms with Crippen molar-refractivity contribution in [1.29, 1.82) is 0 Å². The van der Waals surface area contributed by atoms with Gasteiger partial charge in [0.25, 0.3) is 0 Å². The van der Waals surface area contributed by atoms with Gasteiger partial charge in [0.05, 0.1) is 33.5 Å². The van der Waals surface area contributed by atoms with Crippen molar-refractivity contribution in [3.63, 3.8) is 0 Å². The highest BCUT2D eigenvalue weighted by molar-refractivity contribution is 7.82. The van der Waals surface area contributed by atoms with Gasteiger partial charge >= 0.3 is 0 Å². The number of rotatable bonds is 9. The van der Waals surface area contributed by atoms with Crippen LogP contribution >= 0.6 is 75.0 Å². The molecule has 0 atom stereocenters. The van der Waals surface area contributed by atoms with Crippen molar-refractivity contribution in [2.75, 3.05) is 23.5 Å². The molecule has 8 heteroatoms. The summed E-state index contributed by atoms with van der Waals surface area (Å²) in [6.07, 6.45) is 3.84. The molecule has 0 rings (SSSR count). The predicted molar refractivity (Wildman–Crippen MR) is 103 cm³/mol. The molecule has 0 aromatic carbocycles. The second kappa shape index (κ2) is 12.0. The summed E-state index contributed by atoms with van der Waals surface area (Å²) < 4.78 is 0. The number of hydrogen-bond acceptors (Lipinski definition) is 6. The van der Waals surface area contributed by atoms with Crippen LogP contribution in [-0.2, 0) is 0 Å². The van der Waals surface area contributed by atoms with E-state index < -0.39 is 0 Å². The molecule has 0 bridgehead atoms. The molecule has 0 saturated carbocycles. The Balaban J connectivity index is 3.79. The highest BCUT2D eigenvalue weighted by Gasteiger charge is 2.08. The molecule has 0 N–H and O–H groups in total. The monoisotopic (exact) mass is 360 g/mol. The van der Waals surface area contributed by atoms with Crippen molar-refractivity contribution >= 4 is 84.9 Å². The van der Waals surface area contributed by atoms with Crippen LogP contribution in [0.3, 0.4) is 0 Å². The largest absolute Gasteiger partial charge is 0.348 e. The van der Waals surface area contributed by atoms with Crippen LogP contribution in [-0.4, -0.2) is 43.3 Å². The quantitative estimate of drug-likeness (QED) is 0.217. The van der Waals surface area contributed by atoms with Gasteiger partial charge in [0.1, 0.15) is 0 Å². The van der Waals surface area contributed by atoms with Crippen LogP contribution < -0.4 is 0 Å². The van der Waals surface area contributed by atoms with Crippen LogP contribution in [0.4, 0.5) is 0 Å². The minimum absolute atomic E-state index is 0.619. The number of nitrogens with zero attached hydrogens (tertiary/aromatic N) is 2. The molecular weight excluding hydrogens is 341 g/mol. The van der Waals surface area contributed by atoms with Gasteiger partial charge in [0, 0.05) is 0 Å². The van der Waals surface area contributed by atoms with Crippen LogP contribution in [0.2, 0.25) is 0 Å². The normalized spacial score (nSPS) is 10.2. The standard InChI is InChI=1S/C10H20N2S6/c13-5-11(6-14)9(17)3-1-2-4-10(18)12(7-15)8-16/h13-16H,1-8H2. The molecule has 106 valence electrons. The SMILES string of the molecule is S=C(CCCCC(=S)N(CS)CS)N(CS)CS. The third kappa shape index (κ3) is 7.69. The van der Waals surface area contributed by atoms with Crippen LogP contribution in [0.5, 0.6) is 0 Å². The van der Waals surface area contributed by atoms with Crippen molar-refractivity contribution in [3.8, 4) is 0 Å². The number of unbranched alkanes of at least 4 members (excludes halogenated alkanes) is 1. The van der Waals surface area contributed by atoms with Gasteiger partial charge in [-0.25, -0.2) is 0 Å². The van der Waals surface area contributed by atoms with E-state index in [4.69, 9.17) is 24.4 Å². The summed E-state index contributed by atoms with van der Waals surface area (Å²) in [6, 6.07) is 0. The van der Waals surface area contributed by atoms with Crippen LogP contribution in [0.15, 0.2) is 0 Å². The van der Waals surface area contributed by atoms with Crippen LogP contribution in [0.1, 0.15) is 25.7 Å². The second-order valence-corrected chi connectivity index (χ2v) is 5.71. The minimum Gasteiger partial charge on any atom is -0.348 e. The molecule has 0 spiro atoms. The average molecular weight is 361 g/mol. The topological polar surface area (TPSA) is 6.48 Å². The van der Waals surface area contributed by atoms with Gasteiger partial charge in [-0.1, -0.05) is 24.4 Å². The fourth-order valence-corrected chi connectivity index (χ4v) is 3.60. The minimum atomic E-state index is 0.619. The Bertz CT molecular complexity index is 227. The first-order valence-electron chi connectivity index (χ1n) is 5.59. The zero-order valence-electron chi connectivity index (χ0n) is 10.2. The highest BCUT2D eigenvalue weighted by atomic mass is 32.1. The lowest BCUT2D eigenvalue weighted by Gasteiger charge is -2.22. The molecule has 0 aliphatic heterocycles. The van der Waals surface area contributed by atoms with Gasteiger partial charge in [0.15, 0.2) is 0 Å². The molecule has 0 radical (unpaired) electrons.